The van der Waals surface area contributed by atoms with Crippen LogP contribution in [0.5, 0.6) is 5.75 Å². The third kappa shape index (κ3) is 2.08. The van der Waals surface area contributed by atoms with Crippen LogP contribution in [-0.2, 0) is 6.42 Å². The molecule has 1 aromatic heterocycles. The van der Waals surface area contributed by atoms with Crippen LogP contribution in [0.1, 0.15) is 36.8 Å². The zero-order valence-electron chi connectivity index (χ0n) is 11.3. The van der Waals surface area contributed by atoms with E-state index in [1.165, 1.54) is 18.4 Å². The maximum absolute atomic E-state index is 5.52. The average molecular weight is 271 g/mol. The highest BCUT2D eigenvalue weighted by Gasteiger charge is 2.22. The molecule has 5 heteroatoms. The first kappa shape index (κ1) is 11.9. The molecule has 0 radical (unpaired) electrons. The van der Waals surface area contributed by atoms with Gasteiger partial charge in [0.15, 0.2) is 0 Å². The van der Waals surface area contributed by atoms with Gasteiger partial charge in [-0.2, -0.15) is 4.98 Å². The summed E-state index contributed by atoms with van der Waals surface area (Å²) in [5.74, 6) is 2.35. The van der Waals surface area contributed by atoms with E-state index in [2.05, 4.69) is 21.5 Å². The van der Waals surface area contributed by atoms with Gasteiger partial charge in [-0.05, 0) is 43.1 Å². The number of nitrogens with zero attached hydrogens (tertiary/aromatic N) is 2. The monoisotopic (exact) mass is 271 g/mol. The molecule has 0 unspecified atom stereocenters. The lowest BCUT2D eigenvalue weighted by atomic mass is 10.1. The van der Waals surface area contributed by atoms with Gasteiger partial charge in [-0.3, -0.25) is 0 Å². The Hall–Kier alpha value is -1.88. The second kappa shape index (κ2) is 4.90. The van der Waals surface area contributed by atoms with Gasteiger partial charge in [-0.15, -0.1) is 0 Å². The molecule has 1 fully saturated rings. The van der Waals surface area contributed by atoms with Crippen LogP contribution in [0.3, 0.4) is 0 Å². The van der Waals surface area contributed by atoms with E-state index in [0.29, 0.717) is 11.7 Å². The molecule has 5 nitrogen and oxygen atoms in total. The zero-order valence-corrected chi connectivity index (χ0v) is 11.3. The summed E-state index contributed by atoms with van der Waals surface area (Å²) in [6, 6.07) is 6.30. The number of piperidine rings is 1. The van der Waals surface area contributed by atoms with Crippen LogP contribution >= 0.6 is 0 Å². The SMILES string of the molecule is c1cc2c(cc1-c1noc([C@@H]3CCCCN3)n1)CCO2. The van der Waals surface area contributed by atoms with Crippen LogP contribution < -0.4 is 10.1 Å². The Bertz CT molecular complexity index is 617. The number of aromatic nitrogens is 2. The van der Waals surface area contributed by atoms with Gasteiger partial charge < -0.3 is 14.6 Å². The largest absolute Gasteiger partial charge is 0.493 e. The molecule has 104 valence electrons. The molecule has 2 aromatic rings. The van der Waals surface area contributed by atoms with E-state index < -0.39 is 0 Å². The average Bonchev–Trinajstić information content (AvgIpc) is 3.16. The number of nitrogens with one attached hydrogen (secondary N) is 1. The number of hydrogen-bond acceptors (Lipinski definition) is 5. The van der Waals surface area contributed by atoms with Crippen molar-refractivity contribution in [3.05, 3.63) is 29.7 Å². The third-order valence-corrected chi connectivity index (χ3v) is 4.00. The molecule has 0 bridgehead atoms. The van der Waals surface area contributed by atoms with E-state index in [4.69, 9.17) is 9.26 Å². The van der Waals surface area contributed by atoms with Gasteiger partial charge in [0, 0.05) is 12.0 Å². The minimum absolute atomic E-state index is 0.211. The van der Waals surface area contributed by atoms with Gasteiger partial charge in [-0.1, -0.05) is 11.6 Å². The first-order chi connectivity index (χ1) is 9.90. The van der Waals surface area contributed by atoms with E-state index in [1.807, 2.05) is 12.1 Å². The Labute approximate surface area is 117 Å². The molecule has 1 saturated heterocycles. The topological polar surface area (TPSA) is 60.2 Å². The van der Waals surface area contributed by atoms with Crippen molar-refractivity contribution in [2.24, 2.45) is 0 Å². The minimum atomic E-state index is 0.211. The zero-order chi connectivity index (χ0) is 13.4. The Morgan fingerprint density at radius 1 is 1.25 bits per heavy atom. The summed E-state index contributed by atoms with van der Waals surface area (Å²) in [4.78, 5) is 4.55. The molecule has 0 aliphatic carbocycles. The summed E-state index contributed by atoms with van der Waals surface area (Å²) >= 11 is 0. The Kier molecular flexibility index (Phi) is 2.92. The molecule has 2 aliphatic rings. The first-order valence-corrected chi connectivity index (χ1v) is 7.23. The lowest BCUT2D eigenvalue weighted by Crippen LogP contribution is -2.26. The van der Waals surface area contributed by atoms with Crippen LogP contribution in [0.25, 0.3) is 11.4 Å². The van der Waals surface area contributed by atoms with E-state index in [1.54, 1.807) is 0 Å². The molecule has 0 saturated carbocycles. The summed E-state index contributed by atoms with van der Waals surface area (Å²) in [6.45, 7) is 1.79. The standard InChI is InChI=1S/C15H17N3O2/c1-2-7-16-12(3-1)15-17-14(18-20-15)11-4-5-13-10(9-11)6-8-19-13/h4-5,9,12,16H,1-3,6-8H2/t12-/m0/s1. The fourth-order valence-electron chi connectivity index (χ4n) is 2.88. The van der Waals surface area contributed by atoms with Crippen molar-refractivity contribution in [3.63, 3.8) is 0 Å². The summed E-state index contributed by atoms with van der Waals surface area (Å²) in [5, 5.41) is 7.55. The molecular weight excluding hydrogens is 254 g/mol. The maximum Gasteiger partial charge on any atom is 0.244 e. The van der Waals surface area contributed by atoms with Crippen molar-refractivity contribution < 1.29 is 9.26 Å². The first-order valence-electron chi connectivity index (χ1n) is 7.23. The summed E-state index contributed by atoms with van der Waals surface area (Å²) in [6.07, 6.45) is 4.46. The van der Waals surface area contributed by atoms with Crippen molar-refractivity contribution >= 4 is 0 Å². The Balaban J connectivity index is 1.61. The maximum atomic E-state index is 5.52. The van der Waals surface area contributed by atoms with Crippen LogP contribution in [0.15, 0.2) is 22.7 Å². The normalized spacial score (nSPS) is 21.5. The fraction of sp³-hybridized carbons (Fsp3) is 0.467. The van der Waals surface area contributed by atoms with Gasteiger partial charge in [0.1, 0.15) is 5.75 Å². The van der Waals surface area contributed by atoms with Crippen LogP contribution in [0, 0.1) is 0 Å². The van der Waals surface area contributed by atoms with Gasteiger partial charge >= 0.3 is 0 Å². The van der Waals surface area contributed by atoms with E-state index >= 15 is 0 Å². The van der Waals surface area contributed by atoms with E-state index in [9.17, 15) is 0 Å². The summed E-state index contributed by atoms with van der Waals surface area (Å²) in [7, 11) is 0. The number of rotatable bonds is 2. The second-order valence-corrected chi connectivity index (χ2v) is 5.38. The molecular formula is C15H17N3O2. The molecule has 3 heterocycles. The van der Waals surface area contributed by atoms with E-state index in [-0.39, 0.29) is 6.04 Å². The smallest absolute Gasteiger partial charge is 0.244 e. The molecule has 1 atom stereocenters. The molecule has 0 amide bonds. The van der Waals surface area contributed by atoms with Gasteiger partial charge in [-0.25, -0.2) is 0 Å². The van der Waals surface area contributed by atoms with Crippen LogP contribution in [0.2, 0.25) is 0 Å². The quantitative estimate of drug-likeness (QED) is 0.909. The summed E-state index contributed by atoms with van der Waals surface area (Å²) < 4.78 is 10.9. The van der Waals surface area contributed by atoms with Gasteiger partial charge in [0.25, 0.3) is 0 Å². The lowest BCUT2D eigenvalue weighted by molar-refractivity contribution is 0.297. The van der Waals surface area contributed by atoms with Crippen molar-refractivity contribution in [2.45, 2.75) is 31.7 Å². The molecule has 20 heavy (non-hydrogen) atoms. The molecule has 0 spiro atoms. The molecule has 1 N–H and O–H groups in total. The fourth-order valence-corrected chi connectivity index (χ4v) is 2.88. The third-order valence-electron chi connectivity index (χ3n) is 4.00. The number of benzene rings is 1. The van der Waals surface area contributed by atoms with Gasteiger partial charge in [0.2, 0.25) is 11.7 Å². The second-order valence-electron chi connectivity index (χ2n) is 5.38. The number of fused-ring (bicyclic) bond motifs is 1. The highest BCUT2D eigenvalue weighted by molar-refractivity contribution is 5.59. The summed E-state index contributed by atoms with van der Waals surface area (Å²) in [5.41, 5.74) is 2.23. The van der Waals surface area contributed by atoms with Crippen LogP contribution in [-0.4, -0.2) is 23.3 Å². The van der Waals surface area contributed by atoms with Crippen molar-refractivity contribution in [1.82, 2.24) is 15.5 Å². The van der Waals surface area contributed by atoms with Crippen molar-refractivity contribution in [2.75, 3.05) is 13.2 Å². The predicted molar refractivity (Wildman–Crippen MR) is 73.5 cm³/mol. The number of hydrogen-bond donors (Lipinski definition) is 1. The Morgan fingerprint density at radius 3 is 3.15 bits per heavy atom. The highest BCUT2D eigenvalue weighted by Crippen LogP contribution is 2.30. The van der Waals surface area contributed by atoms with Gasteiger partial charge in [0.05, 0.1) is 12.6 Å². The predicted octanol–water partition coefficient (Wildman–Crippen LogP) is 2.49. The minimum Gasteiger partial charge on any atom is -0.493 e. The van der Waals surface area contributed by atoms with E-state index in [0.717, 1.165) is 37.3 Å². The lowest BCUT2D eigenvalue weighted by Gasteiger charge is -2.19. The Morgan fingerprint density at radius 2 is 2.25 bits per heavy atom. The molecule has 1 aromatic carbocycles. The molecule has 2 aliphatic heterocycles. The number of ether oxygens (including phenoxy) is 1. The highest BCUT2D eigenvalue weighted by atomic mass is 16.5. The van der Waals surface area contributed by atoms with Crippen molar-refractivity contribution in [3.8, 4) is 17.1 Å². The molecule has 4 rings (SSSR count). The van der Waals surface area contributed by atoms with Crippen molar-refractivity contribution in [1.29, 1.82) is 0 Å². The van der Waals surface area contributed by atoms with Crippen LogP contribution in [0.4, 0.5) is 0 Å².